The van der Waals surface area contributed by atoms with Crippen molar-refractivity contribution in [1.29, 1.82) is 0 Å². The molecular weight excluding hydrogens is 316 g/mol. The highest BCUT2D eigenvalue weighted by molar-refractivity contribution is 6.31. The fourth-order valence-corrected chi connectivity index (χ4v) is 2.49. The number of hydrogen-bond donors (Lipinski definition) is 0. The first-order valence-corrected chi connectivity index (χ1v) is 7.68. The van der Waals surface area contributed by atoms with Gasteiger partial charge in [0.05, 0.1) is 4.92 Å². The number of amides is 1. The molecule has 23 heavy (non-hydrogen) atoms. The lowest BCUT2D eigenvalue weighted by molar-refractivity contribution is -0.385. The van der Waals surface area contributed by atoms with Gasteiger partial charge in [0.25, 0.3) is 11.6 Å². The molecule has 0 heterocycles. The summed E-state index contributed by atoms with van der Waals surface area (Å²) in [6.45, 7) is 2.83. The maximum atomic E-state index is 12.6. The van der Waals surface area contributed by atoms with Crippen LogP contribution in [0.25, 0.3) is 0 Å². The van der Waals surface area contributed by atoms with Crippen molar-refractivity contribution >= 4 is 23.2 Å². The number of carbonyl (C=O) groups excluding carboxylic acids is 1. The van der Waals surface area contributed by atoms with E-state index in [9.17, 15) is 14.9 Å². The third kappa shape index (κ3) is 4.29. The van der Waals surface area contributed by atoms with Gasteiger partial charge in [-0.3, -0.25) is 14.9 Å². The summed E-state index contributed by atoms with van der Waals surface area (Å²) in [5, 5.41) is 11.4. The second-order valence-corrected chi connectivity index (χ2v) is 5.48. The Morgan fingerprint density at radius 3 is 2.52 bits per heavy atom. The lowest BCUT2D eigenvalue weighted by Crippen LogP contribution is -2.33. The maximum Gasteiger partial charge on any atom is 0.283 e. The normalized spacial score (nSPS) is 10.3. The summed E-state index contributed by atoms with van der Waals surface area (Å²) >= 11 is 5.79. The molecular formula is C17H17ClN2O3. The number of nitrogens with zero attached hydrogens (tertiary/aromatic N) is 2. The number of likely N-dealkylation sites (N-methyl/N-ethyl adjacent to an activating group) is 1. The van der Waals surface area contributed by atoms with Crippen LogP contribution in [0, 0.1) is 10.1 Å². The third-order valence-corrected chi connectivity index (χ3v) is 3.80. The van der Waals surface area contributed by atoms with E-state index in [1.807, 2.05) is 37.3 Å². The van der Waals surface area contributed by atoms with E-state index in [0.717, 1.165) is 5.56 Å². The second-order valence-electron chi connectivity index (χ2n) is 5.04. The van der Waals surface area contributed by atoms with Crippen LogP contribution in [-0.4, -0.2) is 28.8 Å². The van der Waals surface area contributed by atoms with Crippen LogP contribution in [0.3, 0.4) is 0 Å². The summed E-state index contributed by atoms with van der Waals surface area (Å²) < 4.78 is 0. The van der Waals surface area contributed by atoms with Gasteiger partial charge in [-0.15, -0.1) is 0 Å². The van der Waals surface area contributed by atoms with Gasteiger partial charge in [-0.2, -0.15) is 0 Å². The van der Waals surface area contributed by atoms with E-state index >= 15 is 0 Å². The molecule has 0 spiro atoms. The molecule has 0 fully saturated rings. The molecule has 120 valence electrons. The van der Waals surface area contributed by atoms with Gasteiger partial charge in [0.2, 0.25) is 0 Å². The van der Waals surface area contributed by atoms with Crippen molar-refractivity contribution in [2.24, 2.45) is 0 Å². The Labute approximate surface area is 139 Å². The van der Waals surface area contributed by atoms with Gasteiger partial charge in [-0.05, 0) is 31.0 Å². The van der Waals surface area contributed by atoms with E-state index in [4.69, 9.17) is 11.6 Å². The molecule has 0 atom stereocenters. The molecule has 6 heteroatoms. The topological polar surface area (TPSA) is 63.5 Å². The molecule has 0 saturated heterocycles. The van der Waals surface area contributed by atoms with Crippen LogP contribution < -0.4 is 0 Å². The molecule has 2 aromatic rings. The van der Waals surface area contributed by atoms with Crippen molar-refractivity contribution in [3.05, 3.63) is 74.8 Å². The van der Waals surface area contributed by atoms with E-state index in [1.54, 1.807) is 4.90 Å². The van der Waals surface area contributed by atoms with Gasteiger partial charge in [0.15, 0.2) is 0 Å². The Hall–Kier alpha value is -2.40. The number of benzene rings is 2. The van der Waals surface area contributed by atoms with Crippen LogP contribution in [-0.2, 0) is 6.42 Å². The highest BCUT2D eigenvalue weighted by Gasteiger charge is 2.24. The summed E-state index contributed by atoms with van der Waals surface area (Å²) in [5.74, 6) is -0.355. The average Bonchev–Trinajstić information content (AvgIpc) is 2.56. The quantitative estimate of drug-likeness (QED) is 0.594. The fourth-order valence-electron chi connectivity index (χ4n) is 2.32. The predicted molar refractivity (Wildman–Crippen MR) is 89.8 cm³/mol. The molecule has 0 saturated carbocycles. The SMILES string of the molecule is CCN(CCc1ccccc1)C(=O)c1ccc(Cl)cc1[N+](=O)[O-]. The zero-order valence-corrected chi connectivity index (χ0v) is 13.5. The second kappa shape index (κ2) is 7.74. The summed E-state index contributed by atoms with van der Waals surface area (Å²) in [6, 6.07) is 13.9. The van der Waals surface area contributed by atoms with Crippen LogP contribution >= 0.6 is 11.6 Å². The van der Waals surface area contributed by atoms with E-state index in [2.05, 4.69) is 0 Å². The molecule has 0 N–H and O–H groups in total. The minimum atomic E-state index is -0.579. The number of carbonyl (C=O) groups is 1. The Kier molecular flexibility index (Phi) is 5.71. The van der Waals surface area contributed by atoms with E-state index in [-0.39, 0.29) is 22.2 Å². The molecule has 0 radical (unpaired) electrons. The van der Waals surface area contributed by atoms with E-state index in [1.165, 1.54) is 18.2 Å². The van der Waals surface area contributed by atoms with Crippen molar-refractivity contribution in [2.75, 3.05) is 13.1 Å². The summed E-state index contributed by atoms with van der Waals surface area (Å²) in [7, 11) is 0. The van der Waals surface area contributed by atoms with Crippen LogP contribution in [0.15, 0.2) is 48.5 Å². The summed E-state index contributed by atoms with van der Waals surface area (Å²) in [6.07, 6.45) is 0.696. The molecule has 0 aromatic heterocycles. The summed E-state index contributed by atoms with van der Waals surface area (Å²) in [4.78, 5) is 24.8. The van der Waals surface area contributed by atoms with Crippen LogP contribution in [0.4, 0.5) is 5.69 Å². The Bertz CT molecular complexity index is 704. The number of hydrogen-bond acceptors (Lipinski definition) is 3. The molecule has 0 bridgehead atoms. The van der Waals surface area contributed by atoms with E-state index in [0.29, 0.717) is 19.5 Å². The minimum Gasteiger partial charge on any atom is -0.338 e. The number of rotatable bonds is 6. The monoisotopic (exact) mass is 332 g/mol. The molecule has 2 rings (SSSR count). The molecule has 0 aliphatic rings. The van der Waals surface area contributed by atoms with Gasteiger partial charge < -0.3 is 4.90 Å². The van der Waals surface area contributed by atoms with Crippen molar-refractivity contribution in [3.63, 3.8) is 0 Å². The molecule has 0 aliphatic carbocycles. The average molecular weight is 333 g/mol. The van der Waals surface area contributed by atoms with Gasteiger partial charge in [0, 0.05) is 24.2 Å². The van der Waals surface area contributed by atoms with Crippen molar-refractivity contribution in [1.82, 2.24) is 4.90 Å². The third-order valence-electron chi connectivity index (χ3n) is 3.57. The van der Waals surface area contributed by atoms with Crippen molar-refractivity contribution in [3.8, 4) is 0 Å². The first-order valence-electron chi connectivity index (χ1n) is 7.30. The van der Waals surface area contributed by atoms with Crippen LogP contribution in [0.2, 0.25) is 5.02 Å². The van der Waals surface area contributed by atoms with Crippen LogP contribution in [0.5, 0.6) is 0 Å². The number of halogens is 1. The summed E-state index contributed by atoms with van der Waals surface area (Å²) in [5.41, 5.74) is 0.916. The molecule has 0 unspecified atom stereocenters. The van der Waals surface area contributed by atoms with Gasteiger partial charge >= 0.3 is 0 Å². The van der Waals surface area contributed by atoms with E-state index < -0.39 is 4.92 Å². The van der Waals surface area contributed by atoms with Crippen molar-refractivity contribution in [2.45, 2.75) is 13.3 Å². The Balaban J connectivity index is 2.18. The Morgan fingerprint density at radius 2 is 1.91 bits per heavy atom. The fraction of sp³-hybridized carbons (Fsp3) is 0.235. The largest absolute Gasteiger partial charge is 0.338 e. The van der Waals surface area contributed by atoms with Gasteiger partial charge in [-0.25, -0.2) is 0 Å². The highest BCUT2D eigenvalue weighted by Crippen LogP contribution is 2.24. The molecule has 1 amide bonds. The zero-order valence-electron chi connectivity index (χ0n) is 12.7. The van der Waals surface area contributed by atoms with Gasteiger partial charge in [0.1, 0.15) is 5.56 Å². The maximum absolute atomic E-state index is 12.6. The first kappa shape index (κ1) is 17.0. The number of nitro benzene ring substituents is 1. The molecule has 2 aromatic carbocycles. The Morgan fingerprint density at radius 1 is 1.22 bits per heavy atom. The predicted octanol–water partition coefficient (Wildman–Crippen LogP) is 3.95. The highest BCUT2D eigenvalue weighted by atomic mass is 35.5. The van der Waals surface area contributed by atoms with Crippen LogP contribution in [0.1, 0.15) is 22.8 Å². The molecule has 5 nitrogen and oxygen atoms in total. The van der Waals surface area contributed by atoms with Gasteiger partial charge in [-0.1, -0.05) is 41.9 Å². The standard InChI is InChI=1S/C17H17ClN2O3/c1-2-19(11-10-13-6-4-3-5-7-13)17(21)15-9-8-14(18)12-16(15)20(22)23/h3-9,12H,2,10-11H2,1H3. The zero-order chi connectivity index (χ0) is 16.8. The van der Waals surface area contributed by atoms with Crippen molar-refractivity contribution < 1.29 is 9.72 Å². The first-order chi connectivity index (χ1) is 11.0. The number of nitro groups is 1. The minimum absolute atomic E-state index is 0.0642. The smallest absolute Gasteiger partial charge is 0.283 e. The lowest BCUT2D eigenvalue weighted by Gasteiger charge is -2.21. The molecule has 0 aliphatic heterocycles. The lowest BCUT2D eigenvalue weighted by atomic mass is 10.1.